The van der Waals surface area contributed by atoms with Crippen LogP contribution >= 0.6 is 27.5 Å². The summed E-state index contributed by atoms with van der Waals surface area (Å²) < 4.78 is 0.661. The molecule has 21 heavy (non-hydrogen) atoms. The number of benzene rings is 2. The number of halogens is 2. The van der Waals surface area contributed by atoms with Crippen LogP contribution in [0.2, 0.25) is 5.02 Å². The van der Waals surface area contributed by atoms with Crippen molar-refractivity contribution in [3.05, 3.63) is 63.1 Å². The van der Waals surface area contributed by atoms with Gasteiger partial charge in [-0.3, -0.25) is 9.59 Å². The maximum Gasteiger partial charge on any atom is 0.257 e. The topological polar surface area (TPSA) is 72.2 Å². The van der Waals surface area contributed by atoms with Crippen molar-refractivity contribution in [3.63, 3.8) is 0 Å². The molecule has 2 aromatic rings. The molecule has 0 bridgehead atoms. The Morgan fingerprint density at radius 2 is 1.81 bits per heavy atom. The van der Waals surface area contributed by atoms with E-state index in [0.717, 1.165) is 5.56 Å². The van der Waals surface area contributed by atoms with E-state index in [2.05, 4.69) is 21.2 Å². The smallest absolute Gasteiger partial charge is 0.257 e. The van der Waals surface area contributed by atoms with Crippen LogP contribution in [0.5, 0.6) is 0 Å². The van der Waals surface area contributed by atoms with Gasteiger partial charge in [-0.1, -0.05) is 29.8 Å². The lowest BCUT2D eigenvalue weighted by molar-refractivity contribution is -0.117. The minimum atomic E-state index is -0.396. The number of carbonyl (C=O) groups excluding carboxylic acids is 2. The maximum absolute atomic E-state index is 12.2. The first-order chi connectivity index (χ1) is 9.97. The number of hydrogen-bond acceptors (Lipinski definition) is 2. The summed E-state index contributed by atoms with van der Waals surface area (Å²) in [7, 11) is 0. The molecular weight excluding hydrogens is 356 g/mol. The molecule has 0 fully saturated rings. The highest BCUT2D eigenvalue weighted by atomic mass is 79.9. The van der Waals surface area contributed by atoms with Crippen LogP contribution in [0, 0.1) is 0 Å². The Bertz CT molecular complexity index is 687. The van der Waals surface area contributed by atoms with Gasteiger partial charge in [-0.25, -0.2) is 0 Å². The Hall–Kier alpha value is -1.85. The van der Waals surface area contributed by atoms with Gasteiger partial charge in [0.05, 0.1) is 17.0 Å². The molecule has 0 aromatic heterocycles. The Balaban J connectivity index is 2.12. The first-order valence-corrected chi connectivity index (χ1v) is 7.27. The fraction of sp³-hybridized carbons (Fsp3) is 0.0667. The summed E-state index contributed by atoms with van der Waals surface area (Å²) in [6.45, 7) is 0. The second kappa shape index (κ2) is 6.74. The largest absolute Gasteiger partial charge is 0.369 e. The number of nitrogens with two attached hydrogens (primary N) is 1. The van der Waals surface area contributed by atoms with E-state index in [1.807, 2.05) is 0 Å². The SMILES string of the molecule is NC(=O)Cc1ccc(NC(=O)c2cccc(Br)c2Cl)cc1. The van der Waals surface area contributed by atoms with Crippen molar-refractivity contribution >= 4 is 45.0 Å². The van der Waals surface area contributed by atoms with Crippen LogP contribution in [0.1, 0.15) is 15.9 Å². The Labute approximate surface area is 135 Å². The average Bonchev–Trinajstić information content (AvgIpc) is 2.43. The van der Waals surface area contributed by atoms with E-state index in [1.165, 1.54) is 0 Å². The molecule has 108 valence electrons. The summed E-state index contributed by atoms with van der Waals surface area (Å²) in [5, 5.41) is 3.11. The summed E-state index contributed by atoms with van der Waals surface area (Å²) in [5.74, 6) is -0.698. The second-order valence-electron chi connectivity index (χ2n) is 4.40. The maximum atomic E-state index is 12.2. The standard InChI is InChI=1S/C15H12BrClN2O2/c16-12-3-1-2-11(14(12)17)15(21)19-10-6-4-9(5-7-10)8-13(18)20/h1-7H,8H2,(H2,18,20)(H,19,21). The van der Waals surface area contributed by atoms with Gasteiger partial charge < -0.3 is 11.1 Å². The third-order valence-corrected chi connectivity index (χ3v) is 4.08. The van der Waals surface area contributed by atoms with Gasteiger partial charge in [-0.15, -0.1) is 0 Å². The molecule has 6 heteroatoms. The quantitative estimate of drug-likeness (QED) is 0.869. The molecule has 2 amide bonds. The molecule has 0 saturated heterocycles. The van der Waals surface area contributed by atoms with Crippen molar-refractivity contribution in [2.45, 2.75) is 6.42 Å². The van der Waals surface area contributed by atoms with Gasteiger partial charge in [0.15, 0.2) is 0 Å². The van der Waals surface area contributed by atoms with Crippen LogP contribution < -0.4 is 11.1 Å². The van der Waals surface area contributed by atoms with Crippen molar-refractivity contribution in [1.82, 2.24) is 0 Å². The van der Waals surface area contributed by atoms with Crippen LogP contribution in [0.15, 0.2) is 46.9 Å². The molecule has 0 spiro atoms. The highest BCUT2D eigenvalue weighted by molar-refractivity contribution is 9.10. The first-order valence-electron chi connectivity index (χ1n) is 6.10. The zero-order chi connectivity index (χ0) is 15.4. The van der Waals surface area contributed by atoms with Gasteiger partial charge in [-0.2, -0.15) is 0 Å². The molecule has 0 heterocycles. The monoisotopic (exact) mass is 366 g/mol. The highest BCUT2D eigenvalue weighted by Gasteiger charge is 2.12. The summed E-state index contributed by atoms with van der Waals surface area (Å²) in [4.78, 5) is 23.0. The van der Waals surface area contributed by atoms with Gasteiger partial charge in [0.1, 0.15) is 0 Å². The number of primary amides is 1. The highest BCUT2D eigenvalue weighted by Crippen LogP contribution is 2.26. The number of rotatable bonds is 4. The second-order valence-corrected chi connectivity index (χ2v) is 5.63. The third kappa shape index (κ3) is 4.06. The third-order valence-electron chi connectivity index (χ3n) is 2.79. The summed E-state index contributed by atoms with van der Waals surface area (Å²) >= 11 is 9.35. The van der Waals surface area contributed by atoms with Crippen molar-refractivity contribution in [2.24, 2.45) is 5.73 Å². The number of carbonyl (C=O) groups is 2. The van der Waals surface area contributed by atoms with Gasteiger partial charge in [0.2, 0.25) is 5.91 Å². The summed E-state index contributed by atoms with van der Waals surface area (Å²) in [6.07, 6.45) is 0.172. The fourth-order valence-electron chi connectivity index (χ4n) is 1.78. The number of nitrogens with one attached hydrogen (secondary N) is 1. The van der Waals surface area contributed by atoms with Crippen LogP contribution in [0.3, 0.4) is 0 Å². The molecule has 0 atom stereocenters. The summed E-state index contributed by atoms with van der Waals surface area (Å²) in [5.41, 5.74) is 6.91. The van der Waals surface area contributed by atoms with E-state index < -0.39 is 5.91 Å². The molecule has 3 N–H and O–H groups in total. The normalized spacial score (nSPS) is 10.2. The lowest BCUT2D eigenvalue weighted by Gasteiger charge is -2.08. The zero-order valence-electron chi connectivity index (χ0n) is 10.9. The fourth-order valence-corrected chi connectivity index (χ4v) is 2.36. The summed E-state index contributed by atoms with van der Waals surface area (Å²) in [6, 6.07) is 12.0. The predicted molar refractivity (Wildman–Crippen MR) is 86.4 cm³/mol. The molecule has 0 unspecified atom stereocenters. The first kappa shape index (κ1) is 15.5. The molecule has 2 rings (SSSR count). The van der Waals surface area contributed by atoms with Gasteiger partial charge in [0.25, 0.3) is 5.91 Å². The van der Waals surface area contributed by atoms with E-state index in [4.69, 9.17) is 17.3 Å². The van der Waals surface area contributed by atoms with Gasteiger partial charge >= 0.3 is 0 Å². The minimum Gasteiger partial charge on any atom is -0.369 e. The van der Waals surface area contributed by atoms with Gasteiger partial charge in [-0.05, 0) is 45.8 Å². The lowest BCUT2D eigenvalue weighted by Crippen LogP contribution is -2.14. The van der Waals surface area contributed by atoms with Crippen LogP contribution in [0.4, 0.5) is 5.69 Å². The molecule has 2 aromatic carbocycles. The van der Waals surface area contributed by atoms with Crippen molar-refractivity contribution in [1.29, 1.82) is 0 Å². The van der Waals surface area contributed by atoms with E-state index in [0.29, 0.717) is 20.7 Å². The Kier molecular flexibility index (Phi) is 4.98. The van der Waals surface area contributed by atoms with E-state index in [-0.39, 0.29) is 12.3 Å². The number of hydrogen-bond donors (Lipinski definition) is 2. The van der Waals surface area contributed by atoms with Crippen molar-refractivity contribution in [3.8, 4) is 0 Å². The van der Waals surface area contributed by atoms with Crippen LogP contribution in [0.25, 0.3) is 0 Å². The predicted octanol–water partition coefficient (Wildman–Crippen LogP) is 3.38. The van der Waals surface area contributed by atoms with Crippen LogP contribution in [-0.4, -0.2) is 11.8 Å². The van der Waals surface area contributed by atoms with Crippen molar-refractivity contribution < 1.29 is 9.59 Å². The molecule has 0 aliphatic heterocycles. The van der Waals surface area contributed by atoms with E-state index in [1.54, 1.807) is 42.5 Å². The Morgan fingerprint density at radius 1 is 1.14 bits per heavy atom. The van der Waals surface area contributed by atoms with E-state index in [9.17, 15) is 9.59 Å². The number of amides is 2. The van der Waals surface area contributed by atoms with Crippen LogP contribution in [-0.2, 0) is 11.2 Å². The Morgan fingerprint density at radius 3 is 2.43 bits per heavy atom. The molecule has 0 aliphatic rings. The molecule has 0 radical (unpaired) electrons. The minimum absolute atomic E-state index is 0.172. The van der Waals surface area contributed by atoms with E-state index >= 15 is 0 Å². The zero-order valence-corrected chi connectivity index (χ0v) is 13.2. The molecule has 0 aliphatic carbocycles. The van der Waals surface area contributed by atoms with Gasteiger partial charge in [0, 0.05) is 10.2 Å². The molecular formula is C15H12BrClN2O2. The lowest BCUT2D eigenvalue weighted by atomic mass is 10.1. The molecule has 4 nitrogen and oxygen atoms in total. The van der Waals surface area contributed by atoms with Crippen molar-refractivity contribution in [2.75, 3.05) is 5.32 Å². The molecule has 0 saturated carbocycles. The number of anilines is 1. The average molecular weight is 368 g/mol.